The lowest BCUT2D eigenvalue weighted by molar-refractivity contribution is 0.00214. The van der Waals surface area contributed by atoms with Crippen LogP contribution in [0.2, 0.25) is 18.1 Å². The van der Waals surface area contributed by atoms with Gasteiger partial charge >= 0.3 is 6.09 Å². The summed E-state index contributed by atoms with van der Waals surface area (Å²) in [5.74, 6) is 0.719. The summed E-state index contributed by atoms with van der Waals surface area (Å²) in [7, 11) is 1.21. The predicted octanol–water partition coefficient (Wildman–Crippen LogP) is 5.61. The molecule has 0 radical (unpaired) electrons. The molecule has 7 nitrogen and oxygen atoms in total. The first-order valence-corrected chi connectivity index (χ1v) is 15.0. The zero-order valence-electron chi connectivity index (χ0n) is 22.9. The molecule has 1 amide bonds. The fourth-order valence-corrected chi connectivity index (χ4v) is 4.64. The number of hydrogen-bond acceptors (Lipinski definition) is 6. The van der Waals surface area contributed by atoms with Gasteiger partial charge in [0.05, 0.1) is 12.1 Å². The molecule has 34 heavy (non-hydrogen) atoms. The third kappa shape index (κ3) is 9.94. The van der Waals surface area contributed by atoms with E-state index in [0.717, 1.165) is 11.3 Å². The molecule has 0 heterocycles. The Morgan fingerprint density at radius 1 is 1.09 bits per heavy atom. The first-order valence-electron chi connectivity index (χ1n) is 12.1. The van der Waals surface area contributed by atoms with Crippen molar-refractivity contribution in [1.82, 2.24) is 4.90 Å². The molecule has 1 rings (SSSR count). The van der Waals surface area contributed by atoms with Crippen molar-refractivity contribution in [3.8, 4) is 5.75 Å². The third-order valence-electron chi connectivity index (χ3n) is 6.22. The van der Waals surface area contributed by atoms with Crippen LogP contribution in [0.1, 0.15) is 59.9 Å². The summed E-state index contributed by atoms with van der Waals surface area (Å²) in [5.41, 5.74) is 0.454. The minimum atomic E-state index is -2.14. The maximum absolute atomic E-state index is 13.1. The molecule has 0 saturated carbocycles. The lowest BCUT2D eigenvalue weighted by Crippen LogP contribution is -2.53. The summed E-state index contributed by atoms with van der Waals surface area (Å²) in [4.78, 5) is 14.7. The van der Waals surface area contributed by atoms with Gasteiger partial charge in [-0.1, -0.05) is 32.9 Å². The first kappa shape index (κ1) is 30.4. The number of carbonyl (C=O) groups is 1. The molecule has 196 valence electrons. The molecule has 0 aliphatic carbocycles. The van der Waals surface area contributed by atoms with Crippen molar-refractivity contribution in [2.45, 2.75) is 96.7 Å². The summed E-state index contributed by atoms with van der Waals surface area (Å²) in [6.07, 6.45) is 1.21. The Hall–Kier alpha value is -1.61. The van der Waals surface area contributed by atoms with E-state index in [1.807, 2.05) is 45.0 Å². The second-order valence-electron chi connectivity index (χ2n) is 11.3. The van der Waals surface area contributed by atoms with E-state index >= 15 is 0 Å². The third-order valence-corrected chi connectivity index (χ3v) is 10.7. The van der Waals surface area contributed by atoms with Gasteiger partial charge in [0.1, 0.15) is 11.4 Å². The Bertz CT molecular complexity index is 739. The Balaban J connectivity index is 3.30. The maximum atomic E-state index is 13.1. The van der Waals surface area contributed by atoms with Gasteiger partial charge in [-0.15, -0.1) is 0 Å². The Kier molecular flexibility index (Phi) is 11.5. The molecule has 0 aromatic heterocycles. The standard InChI is InChI=1S/C26H47NO6Si/c1-25(2,3)32-24(29)27(7)22(18-20-13-15-21(16-14-20)31-19-30-8)23(12-11-17-28)33-34(9,10)26(4,5)6/h13-16,22-23,28H,11-12,17-19H2,1-10H3/t22-,23+/m0/s1. The van der Waals surface area contributed by atoms with Crippen LogP contribution in [0.4, 0.5) is 4.79 Å². The average Bonchev–Trinajstić information content (AvgIpc) is 2.71. The van der Waals surface area contributed by atoms with Crippen LogP contribution in [0.5, 0.6) is 5.75 Å². The topological polar surface area (TPSA) is 77.5 Å². The van der Waals surface area contributed by atoms with Gasteiger partial charge in [0.25, 0.3) is 0 Å². The van der Waals surface area contributed by atoms with Gasteiger partial charge in [0.2, 0.25) is 0 Å². The van der Waals surface area contributed by atoms with E-state index in [1.54, 1.807) is 19.1 Å². The van der Waals surface area contributed by atoms with Gasteiger partial charge in [0.15, 0.2) is 15.1 Å². The second-order valence-corrected chi connectivity index (χ2v) is 16.1. The maximum Gasteiger partial charge on any atom is 0.410 e. The van der Waals surface area contributed by atoms with E-state index in [-0.39, 0.29) is 36.7 Å². The van der Waals surface area contributed by atoms with Crippen LogP contribution >= 0.6 is 0 Å². The van der Waals surface area contributed by atoms with Crippen molar-refractivity contribution in [3.63, 3.8) is 0 Å². The number of hydrogen-bond donors (Lipinski definition) is 1. The molecule has 1 N–H and O–H groups in total. The summed E-state index contributed by atoms with van der Waals surface area (Å²) in [6, 6.07) is 7.53. The van der Waals surface area contributed by atoms with E-state index in [4.69, 9.17) is 18.6 Å². The number of methoxy groups -OCH3 is 1. The molecule has 1 aromatic carbocycles. The smallest absolute Gasteiger partial charge is 0.410 e. The summed E-state index contributed by atoms with van der Waals surface area (Å²) >= 11 is 0. The molecule has 0 fully saturated rings. The van der Waals surface area contributed by atoms with Crippen LogP contribution in [-0.2, 0) is 20.3 Å². The highest BCUT2D eigenvalue weighted by atomic mass is 28.4. The number of aliphatic hydroxyl groups excluding tert-OH is 1. The summed E-state index contributed by atoms with van der Waals surface area (Å²) in [6.45, 7) is 16.9. The quantitative estimate of drug-likeness (QED) is 0.299. The average molecular weight is 498 g/mol. The van der Waals surface area contributed by atoms with Gasteiger partial charge in [0, 0.05) is 20.8 Å². The zero-order valence-corrected chi connectivity index (χ0v) is 23.9. The summed E-state index contributed by atoms with van der Waals surface area (Å²) < 4.78 is 23.0. The normalized spacial score (nSPS) is 14.4. The molecule has 0 bridgehead atoms. The van der Waals surface area contributed by atoms with Gasteiger partial charge < -0.3 is 28.6 Å². The number of nitrogens with zero attached hydrogens (tertiary/aromatic N) is 1. The lowest BCUT2D eigenvalue weighted by atomic mass is 9.97. The number of benzene rings is 1. The number of likely N-dealkylation sites (N-methyl/N-ethyl adjacent to an activating group) is 1. The largest absolute Gasteiger partial charge is 0.468 e. The van der Waals surface area contributed by atoms with Crippen LogP contribution in [-0.4, -0.2) is 69.7 Å². The van der Waals surface area contributed by atoms with Gasteiger partial charge in [-0.2, -0.15) is 0 Å². The molecule has 0 aliphatic heterocycles. The lowest BCUT2D eigenvalue weighted by Gasteiger charge is -2.43. The van der Waals surface area contributed by atoms with E-state index < -0.39 is 13.9 Å². The second kappa shape index (κ2) is 12.9. The number of carbonyl (C=O) groups excluding carboxylic acids is 1. The highest BCUT2D eigenvalue weighted by Gasteiger charge is 2.42. The van der Waals surface area contributed by atoms with Crippen molar-refractivity contribution < 1.29 is 28.5 Å². The highest BCUT2D eigenvalue weighted by molar-refractivity contribution is 6.74. The molecule has 2 atom stereocenters. The van der Waals surface area contributed by atoms with E-state index in [9.17, 15) is 9.90 Å². The number of amides is 1. The highest BCUT2D eigenvalue weighted by Crippen LogP contribution is 2.39. The van der Waals surface area contributed by atoms with E-state index in [2.05, 4.69) is 33.9 Å². The van der Waals surface area contributed by atoms with Crippen LogP contribution in [0.15, 0.2) is 24.3 Å². The fourth-order valence-electron chi connectivity index (χ4n) is 3.25. The van der Waals surface area contributed by atoms with Crippen LogP contribution in [0.3, 0.4) is 0 Å². The van der Waals surface area contributed by atoms with Crippen LogP contribution in [0, 0.1) is 0 Å². The van der Waals surface area contributed by atoms with Crippen molar-refractivity contribution in [3.05, 3.63) is 29.8 Å². The SMILES string of the molecule is COCOc1ccc(C[C@@H]([C@@H](CCCO)O[Si](C)(C)C(C)(C)C)N(C)C(=O)OC(C)(C)C)cc1. The Morgan fingerprint density at radius 2 is 1.68 bits per heavy atom. The van der Waals surface area contributed by atoms with Gasteiger partial charge in [-0.3, -0.25) is 0 Å². The fraction of sp³-hybridized carbons (Fsp3) is 0.731. The summed E-state index contributed by atoms with van der Waals surface area (Å²) in [5, 5.41) is 9.59. The molecule has 0 saturated heterocycles. The predicted molar refractivity (Wildman–Crippen MR) is 139 cm³/mol. The molecular formula is C26H47NO6Si. The van der Waals surface area contributed by atoms with Crippen molar-refractivity contribution in [2.24, 2.45) is 0 Å². The molecular weight excluding hydrogens is 450 g/mol. The van der Waals surface area contributed by atoms with Crippen molar-refractivity contribution in [2.75, 3.05) is 27.6 Å². The number of aliphatic hydroxyl groups is 1. The van der Waals surface area contributed by atoms with E-state index in [1.165, 1.54) is 0 Å². The van der Waals surface area contributed by atoms with Crippen molar-refractivity contribution in [1.29, 1.82) is 0 Å². The van der Waals surface area contributed by atoms with Gasteiger partial charge in [-0.05, 0) is 75.9 Å². The first-order chi connectivity index (χ1) is 15.6. The zero-order chi connectivity index (χ0) is 26.2. The number of ether oxygens (including phenoxy) is 3. The van der Waals surface area contributed by atoms with Crippen LogP contribution < -0.4 is 4.74 Å². The molecule has 0 unspecified atom stereocenters. The molecule has 8 heteroatoms. The monoisotopic (exact) mass is 497 g/mol. The molecule has 0 aliphatic rings. The van der Waals surface area contributed by atoms with Crippen molar-refractivity contribution >= 4 is 14.4 Å². The number of rotatable bonds is 12. The Morgan fingerprint density at radius 3 is 2.15 bits per heavy atom. The van der Waals surface area contributed by atoms with Gasteiger partial charge in [-0.25, -0.2) is 4.79 Å². The Labute approximate surface area is 207 Å². The van der Waals surface area contributed by atoms with Crippen LogP contribution in [0.25, 0.3) is 0 Å². The molecule has 0 spiro atoms. The minimum absolute atomic E-state index is 0.0137. The minimum Gasteiger partial charge on any atom is -0.468 e. The molecule has 1 aromatic rings. The van der Waals surface area contributed by atoms with E-state index in [0.29, 0.717) is 19.3 Å².